The lowest BCUT2D eigenvalue weighted by atomic mass is 10.1. The first kappa shape index (κ1) is 26.7. The lowest BCUT2D eigenvalue weighted by molar-refractivity contribution is -0.187. The Morgan fingerprint density at radius 1 is 1.14 bits per heavy atom. The molecular formula is C26H37N3O6. The van der Waals surface area contributed by atoms with Gasteiger partial charge in [-0.05, 0) is 56.4 Å². The lowest BCUT2D eigenvalue weighted by Gasteiger charge is -2.25. The summed E-state index contributed by atoms with van der Waals surface area (Å²) in [6.07, 6.45) is 6.73. The van der Waals surface area contributed by atoms with Gasteiger partial charge in [0, 0.05) is 36.9 Å². The predicted octanol–water partition coefficient (Wildman–Crippen LogP) is 4.85. The van der Waals surface area contributed by atoms with E-state index in [1.807, 2.05) is 18.2 Å². The minimum absolute atomic E-state index is 0.233. The summed E-state index contributed by atoms with van der Waals surface area (Å²) in [6, 6.07) is 6.87. The van der Waals surface area contributed by atoms with Crippen LogP contribution in [-0.2, 0) is 25.5 Å². The van der Waals surface area contributed by atoms with E-state index in [1.54, 1.807) is 13.0 Å². The number of benzene rings is 1. The van der Waals surface area contributed by atoms with Crippen molar-refractivity contribution < 1.29 is 28.7 Å². The summed E-state index contributed by atoms with van der Waals surface area (Å²) in [5.74, 6) is -0.653. The summed E-state index contributed by atoms with van der Waals surface area (Å²) in [6.45, 7) is 5.14. The Bertz CT molecular complexity index is 983. The molecule has 2 heterocycles. The highest BCUT2D eigenvalue weighted by Gasteiger charge is 2.26. The molecule has 9 nitrogen and oxygen atoms in total. The Hall–Kier alpha value is -2.91. The van der Waals surface area contributed by atoms with Gasteiger partial charge < -0.3 is 14.5 Å². The number of amides is 3. The lowest BCUT2D eigenvalue weighted by Crippen LogP contribution is -2.46. The summed E-state index contributed by atoms with van der Waals surface area (Å²) in [5, 5.41) is 0.841. The summed E-state index contributed by atoms with van der Waals surface area (Å²) < 4.78 is 10.5. The zero-order valence-corrected chi connectivity index (χ0v) is 20.8. The average molecular weight is 488 g/mol. The van der Waals surface area contributed by atoms with Gasteiger partial charge in [0.2, 0.25) is 0 Å². The number of carbonyl (C=O) groups is 3. The van der Waals surface area contributed by atoms with E-state index in [2.05, 4.69) is 17.4 Å². The topological polar surface area (TPSA) is 110 Å². The number of carbonyl (C=O) groups excluding carboxylic acids is 3. The number of H-pyrrole nitrogens is 1. The quantitative estimate of drug-likeness (QED) is 0.251. The molecule has 2 N–H and O–H groups in total. The second-order valence-electron chi connectivity index (χ2n) is 8.75. The van der Waals surface area contributed by atoms with Gasteiger partial charge in [0.05, 0.1) is 6.61 Å². The van der Waals surface area contributed by atoms with E-state index >= 15 is 0 Å². The molecule has 1 aromatic carbocycles. The number of unbranched alkanes of at least 4 members (excludes halogenated alkanes) is 3. The summed E-state index contributed by atoms with van der Waals surface area (Å²) >= 11 is 0. The van der Waals surface area contributed by atoms with Gasteiger partial charge in [-0.2, -0.15) is 0 Å². The van der Waals surface area contributed by atoms with Gasteiger partial charge in [0.1, 0.15) is 5.69 Å². The third-order valence-corrected chi connectivity index (χ3v) is 5.98. The number of nitrogens with one attached hydrogen (secondary N) is 2. The summed E-state index contributed by atoms with van der Waals surface area (Å²) in [7, 11) is 0. The number of rotatable bonds is 12. The monoisotopic (exact) mass is 487 g/mol. The number of aryl methyl sites for hydroxylation is 1. The third kappa shape index (κ3) is 8.07. The molecule has 1 saturated heterocycles. The number of urea groups is 1. The molecular weight excluding hydrogens is 450 g/mol. The van der Waals surface area contributed by atoms with Crippen LogP contribution in [0, 0.1) is 0 Å². The summed E-state index contributed by atoms with van der Waals surface area (Å²) in [5.41, 5.74) is 4.48. The number of hydroxylamine groups is 1. The molecule has 2 aromatic rings. The number of ether oxygens (including phenoxy) is 2. The number of aromatic amines is 1. The van der Waals surface area contributed by atoms with E-state index in [4.69, 9.17) is 14.3 Å². The van der Waals surface area contributed by atoms with Crippen molar-refractivity contribution in [3.8, 4) is 0 Å². The van der Waals surface area contributed by atoms with Gasteiger partial charge in [-0.3, -0.25) is 14.5 Å². The highest BCUT2D eigenvalue weighted by atomic mass is 16.8. The van der Waals surface area contributed by atoms with Crippen LogP contribution in [0.2, 0.25) is 0 Å². The van der Waals surface area contributed by atoms with Crippen molar-refractivity contribution in [3.63, 3.8) is 0 Å². The first-order chi connectivity index (χ1) is 17.0. The molecule has 1 atom stereocenters. The van der Waals surface area contributed by atoms with E-state index in [-0.39, 0.29) is 5.97 Å². The Morgan fingerprint density at radius 2 is 2.00 bits per heavy atom. The number of hydrogen-bond donors (Lipinski definition) is 2. The van der Waals surface area contributed by atoms with Crippen LogP contribution in [0.1, 0.15) is 81.3 Å². The Labute approximate surface area is 206 Å². The zero-order chi connectivity index (χ0) is 25.0. The highest BCUT2D eigenvalue weighted by Crippen LogP contribution is 2.20. The minimum atomic E-state index is -0.602. The number of imide groups is 1. The summed E-state index contributed by atoms with van der Waals surface area (Å²) in [4.78, 5) is 47.6. The Kier molecular flexibility index (Phi) is 10.6. The van der Waals surface area contributed by atoms with Crippen LogP contribution in [0.4, 0.5) is 4.79 Å². The molecule has 0 spiro atoms. The fraction of sp³-hybridized carbons (Fsp3) is 0.577. The fourth-order valence-corrected chi connectivity index (χ4v) is 4.05. The standard InChI is InChI=1S/C26H37N3O6/c1-3-5-6-8-15-29(26(32)28-35-24-10-7-9-16-34-24)25(31)22-18-20-17-19(11-13-21(20)27-22)12-14-23(30)33-4-2/h11,13,17-18,24,27H,3-10,12,14-16H2,1-2H3,(H,28,32). The minimum Gasteiger partial charge on any atom is -0.466 e. The Morgan fingerprint density at radius 3 is 2.74 bits per heavy atom. The van der Waals surface area contributed by atoms with Crippen molar-refractivity contribution in [2.24, 2.45) is 0 Å². The van der Waals surface area contributed by atoms with Gasteiger partial charge in [-0.15, -0.1) is 0 Å². The van der Waals surface area contributed by atoms with Gasteiger partial charge >= 0.3 is 12.0 Å². The predicted molar refractivity (Wildman–Crippen MR) is 132 cm³/mol. The van der Waals surface area contributed by atoms with Gasteiger partial charge in [-0.25, -0.2) is 15.1 Å². The van der Waals surface area contributed by atoms with Crippen LogP contribution < -0.4 is 5.48 Å². The number of nitrogens with zero attached hydrogens (tertiary/aromatic N) is 1. The molecule has 3 rings (SSSR count). The van der Waals surface area contributed by atoms with E-state index < -0.39 is 18.2 Å². The maximum Gasteiger partial charge on any atom is 0.348 e. The van der Waals surface area contributed by atoms with Gasteiger partial charge in [0.15, 0.2) is 6.29 Å². The molecule has 1 fully saturated rings. The van der Waals surface area contributed by atoms with Gasteiger partial charge in [-0.1, -0.05) is 32.3 Å². The maximum absolute atomic E-state index is 13.3. The van der Waals surface area contributed by atoms with Crippen LogP contribution in [0.3, 0.4) is 0 Å². The highest BCUT2D eigenvalue weighted by molar-refractivity contribution is 6.05. The molecule has 9 heteroatoms. The van der Waals surface area contributed by atoms with E-state index in [9.17, 15) is 14.4 Å². The van der Waals surface area contributed by atoms with Crippen LogP contribution in [0.25, 0.3) is 10.9 Å². The Balaban J connectivity index is 1.68. The zero-order valence-electron chi connectivity index (χ0n) is 20.8. The number of aromatic nitrogens is 1. The molecule has 0 aliphatic carbocycles. The van der Waals surface area contributed by atoms with Crippen molar-refractivity contribution in [2.75, 3.05) is 19.8 Å². The smallest absolute Gasteiger partial charge is 0.348 e. The molecule has 0 bridgehead atoms. The van der Waals surface area contributed by atoms with E-state index in [0.29, 0.717) is 51.1 Å². The van der Waals surface area contributed by atoms with Crippen molar-refractivity contribution in [3.05, 3.63) is 35.5 Å². The number of hydrogen-bond acceptors (Lipinski definition) is 6. The second-order valence-corrected chi connectivity index (χ2v) is 8.75. The van der Waals surface area contributed by atoms with Crippen molar-refractivity contribution >= 4 is 28.8 Å². The molecule has 1 aliphatic heterocycles. The SMILES string of the molecule is CCCCCCN(C(=O)NOC1CCCCO1)C(=O)c1cc2cc(CCC(=O)OCC)ccc2[nH]1. The maximum atomic E-state index is 13.3. The molecule has 1 aromatic heterocycles. The second kappa shape index (κ2) is 13.8. The molecule has 1 unspecified atom stereocenters. The third-order valence-electron chi connectivity index (χ3n) is 5.98. The van der Waals surface area contributed by atoms with E-state index in [1.165, 1.54) is 4.90 Å². The molecule has 1 aliphatic rings. The van der Waals surface area contributed by atoms with Crippen molar-refractivity contribution in [2.45, 2.75) is 77.9 Å². The first-order valence-electron chi connectivity index (χ1n) is 12.7. The number of esters is 1. The van der Waals surface area contributed by atoms with Gasteiger partial charge in [0.25, 0.3) is 5.91 Å². The van der Waals surface area contributed by atoms with Crippen molar-refractivity contribution in [1.82, 2.24) is 15.4 Å². The molecule has 192 valence electrons. The molecule has 35 heavy (non-hydrogen) atoms. The fourth-order valence-electron chi connectivity index (χ4n) is 4.05. The first-order valence-corrected chi connectivity index (χ1v) is 12.7. The largest absolute Gasteiger partial charge is 0.466 e. The van der Waals surface area contributed by atoms with Crippen LogP contribution in [0.15, 0.2) is 24.3 Å². The van der Waals surface area contributed by atoms with Crippen LogP contribution in [-0.4, -0.2) is 53.8 Å². The van der Waals surface area contributed by atoms with E-state index in [0.717, 1.165) is 48.6 Å². The normalized spacial score (nSPS) is 15.7. The van der Waals surface area contributed by atoms with Crippen LogP contribution in [0.5, 0.6) is 0 Å². The molecule has 3 amide bonds. The van der Waals surface area contributed by atoms with Crippen molar-refractivity contribution in [1.29, 1.82) is 0 Å². The molecule has 0 saturated carbocycles. The average Bonchev–Trinajstić information content (AvgIpc) is 3.30. The van der Waals surface area contributed by atoms with Crippen LogP contribution >= 0.6 is 0 Å². The molecule has 0 radical (unpaired) electrons. The number of fused-ring (bicyclic) bond motifs is 1.